The van der Waals surface area contributed by atoms with E-state index in [2.05, 4.69) is 43.2 Å². The molecule has 8 heteroatoms. The minimum Gasteiger partial charge on any atom is -0.425 e. The summed E-state index contributed by atoms with van der Waals surface area (Å²) in [4.78, 5) is 30.7. The summed E-state index contributed by atoms with van der Waals surface area (Å²) in [5.74, 6) is 0.407. The second-order valence-electron chi connectivity index (χ2n) is 11.7. The molecular formula is C33H48N2O6. The van der Waals surface area contributed by atoms with E-state index in [1.54, 1.807) is 0 Å². The minimum absolute atomic E-state index is 0.108. The van der Waals surface area contributed by atoms with E-state index in [1.807, 2.05) is 12.1 Å². The second kappa shape index (κ2) is 15.6. The molecule has 2 aliphatic heterocycles. The van der Waals surface area contributed by atoms with Gasteiger partial charge in [-0.25, -0.2) is 0 Å². The molecule has 2 saturated heterocycles. The zero-order valence-corrected chi connectivity index (χ0v) is 25.3. The van der Waals surface area contributed by atoms with Crippen LogP contribution in [0, 0.1) is 5.92 Å². The average Bonchev–Trinajstić information content (AvgIpc) is 2.94. The van der Waals surface area contributed by atoms with Gasteiger partial charge in [0.1, 0.15) is 11.5 Å². The summed E-state index contributed by atoms with van der Waals surface area (Å²) in [5, 5.41) is 0. The van der Waals surface area contributed by atoms with E-state index in [4.69, 9.17) is 18.9 Å². The standard InChI is InChI=1S/C33H48N2O6/c1-5-6-7-8-26-20-29(40-31(36)22-34-11-15-38-16-12-34)33(28-19-25(4)9-10-27(28)24(2)3)30(21-26)41-32(37)23-35-13-17-39-18-14-35/h19-21,27-28H,2,5-18,22-23H2,1,3-4H3/t27-,28+/m0/s1. The van der Waals surface area contributed by atoms with Crippen molar-refractivity contribution in [3.8, 4) is 11.5 Å². The maximum Gasteiger partial charge on any atom is 0.325 e. The van der Waals surface area contributed by atoms with Crippen LogP contribution in [0.2, 0.25) is 0 Å². The summed E-state index contributed by atoms with van der Waals surface area (Å²) < 4.78 is 23.3. The van der Waals surface area contributed by atoms with Crippen molar-refractivity contribution in [3.63, 3.8) is 0 Å². The summed E-state index contributed by atoms with van der Waals surface area (Å²) in [5.41, 5.74) is 4.12. The Morgan fingerprint density at radius 3 is 1.95 bits per heavy atom. The van der Waals surface area contributed by atoms with Crippen LogP contribution in [0.1, 0.15) is 69.9 Å². The van der Waals surface area contributed by atoms with Crippen LogP contribution in [-0.2, 0) is 25.5 Å². The molecule has 1 aromatic carbocycles. The van der Waals surface area contributed by atoms with Crippen LogP contribution in [-0.4, -0.2) is 87.4 Å². The number of hydrogen-bond acceptors (Lipinski definition) is 8. The lowest BCUT2D eigenvalue weighted by Crippen LogP contribution is -2.41. The van der Waals surface area contributed by atoms with Crippen molar-refractivity contribution >= 4 is 11.9 Å². The number of morpholine rings is 2. The number of esters is 2. The first kappa shape index (κ1) is 31.4. The molecule has 1 aliphatic carbocycles. The third-order valence-corrected chi connectivity index (χ3v) is 8.31. The Labute approximate surface area is 245 Å². The van der Waals surface area contributed by atoms with Gasteiger partial charge in [-0.15, -0.1) is 0 Å². The fraction of sp³-hybridized carbons (Fsp3) is 0.636. The normalized spacial score (nSPS) is 22.2. The van der Waals surface area contributed by atoms with Crippen LogP contribution in [0.4, 0.5) is 0 Å². The maximum atomic E-state index is 13.3. The van der Waals surface area contributed by atoms with Gasteiger partial charge in [0.05, 0.1) is 39.5 Å². The molecular weight excluding hydrogens is 520 g/mol. The number of allylic oxidation sites excluding steroid dienone is 3. The fourth-order valence-corrected chi connectivity index (χ4v) is 5.98. The molecule has 1 aromatic rings. The molecule has 0 aromatic heterocycles. The van der Waals surface area contributed by atoms with E-state index in [0.29, 0.717) is 64.1 Å². The summed E-state index contributed by atoms with van der Waals surface area (Å²) in [6.07, 6.45) is 8.21. The first-order chi connectivity index (χ1) is 19.8. The van der Waals surface area contributed by atoms with Gasteiger partial charge in [-0.05, 0) is 63.1 Å². The highest BCUT2D eigenvalue weighted by atomic mass is 16.5. The molecule has 0 N–H and O–H groups in total. The summed E-state index contributed by atoms with van der Waals surface area (Å²) in [6, 6.07) is 3.99. The third kappa shape index (κ3) is 9.23. The van der Waals surface area contributed by atoms with Crippen molar-refractivity contribution in [2.24, 2.45) is 5.92 Å². The van der Waals surface area contributed by atoms with E-state index >= 15 is 0 Å². The molecule has 0 amide bonds. The maximum absolute atomic E-state index is 13.3. The van der Waals surface area contributed by atoms with Crippen LogP contribution in [0.15, 0.2) is 35.9 Å². The largest absolute Gasteiger partial charge is 0.425 e. The Bertz CT molecular complexity index is 1030. The van der Waals surface area contributed by atoms with Gasteiger partial charge in [0.15, 0.2) is 0 Å². The number of carbonyl (C=O) groups excluding carboxylic acids is 2. The molecule has 4 rings (SSSR count). The van der Waals surface area contributed by atoms with Gasteiger partial charge < -0.3 is 18.9 Å². The molecule has 226 valence electrons. The van der Waals surface area contributed by atoms with E-state index in [0.717, 1.165) is 55.2 Å². The van der Waals surface area contributed by atoms with Crippen molar-refractivity contribution in [1.82, 2.24) is 9.80 Å². The van der Waals surface area contributed by atoms with Crippen LogP contribution in [0.25, 0.3) is 0 Å². The van der Waals surface area contributed by atoms with Crippen molar-refractivity contribution < 1.29 is 28.5 Å². The molecule has 0 spiro atoms. The average molecular weight is 569 g/mol. The van der Waals surface area contributed by atoms with Gasteiger partial charge >= 0.3 is 11.9 Å². The van der Waals surface area contributed by atoms with Gasteiger partial charge in [0.25, 0.3) is 0 Å². The summed E-state index contributed by atoms with van der Waals surface area (Å²) in [7, 11) is 0. The van der Waals surface area contributed by atoms with Crippen molar-refractivity contribution in [2.75, 3.05) is 65.7 Å². The molecule has 2 fully saturated rings. The van der Waals surface area contributed by atoms with E-state index < -0.39 is 0 Å². The molecule has 0 bridgehead atoms. The molecule has 41 heavy (non-hydrogen) atoms. The number of aryl methyl sites for hydroxylation is 1. The van der Waals surface area contributed by atoms with Gasteiger partial charge in [-0.2, -0.15) is 0 Å². The molecule has 2 heterocycles. The lowest BCUT2D eigenvalue weighted by molar-refractivity contribution is -0.137. The first-order valence-electron chi connectivity index (χ1n) is 15.3. The molecule has 0 saturated carbocycles. The first-order valence-corrected chi connectivity index (χ1v) is 15.3. The zero-order valence-electron chi connectivity index (χ0n) is 25.3. The minimum atomic E-state index is -0.312. The summed E-state index contributed by atoms with van der Waals surface area (Å²) in [6.45, 7) is 16.3. The second-order valence-corrected chi connectivity index (χ2v) is 11.7. The summed E-state index contributed by atoms with van der Waals surface area (Å²) >= 11 is 0. The van der Waals surface area contributed by atoms with Gasteiger partial charge in [0, 0.05) is 37.7 Å². The third-order valence-electron chi connectivity index (χ3n) is 8.31. The van der Waals surface area contributed by atoms with Crippen LogP contribution in [0.3, 0.4) is 0 Å². The Balaban J connectivity index is 1.71. The quantitative estimate of drug-likeness (QED) is 0.152. The predicted molar refractivity (Wildman–Crippen MR) is 159 cm³/mol. The monoisotopic (exact) mass is 568 g/mol. The van der Waals surface area contributed by atoms with E-state index in [1.165, 1.54) is 5.57 Å². The highest BCUT2D eigenvalue weighted by Gasteiger charge is 2.33. The highest BCUT2D eigenvalue weighted by molar-refractivity contribution is 5.78. The van der Waals surface area contributed by atoms with E-state index in [-0.39, 0.29) is 36.9 Å². The molecule has 8 nitrogen and oxygen atoms in total. The zero-order chi connectivity index (χ0) is 29.2. The number of nitrogens with zero attached hydrogens (tertiary/aromatic N) is 2. The van der Waals surface area contributed by atoms with Crippen molar-refractivity contribution in [2.45, 2.75) is 65.2 Å². The van der Waals surface area contributed by atoms with Gasteiger partial charge in [-0.3, -0.25) is 19.4 Å². The number of rotatable bonds is 12. The Morgan fingerprint density at radius 2 is 1.46 bits per heavy atom. The van der Waals surface area contributed by atoms with Crippen LogP contribution >= 0.6 is 0 Å². The van der Waals surface area contributed by atoms with Crippen LogP contribution < -0.4 is 9.47 Å². The van der Waals surface area contributed by atoms with Crippen molar-refractivity contribution in [1.29, 1.82) is 0 Å². The lowest BCUT2D eigenvalue weighted by atomic mass is 9.73. The molecule has 0 radical (unpaired) electrons. The predicted octanol–water partition coefficient (Wildman–Crippen LogP) is 4.91. The van der Waals surface area contributed by atoms with Crippen LogP contribution in [0.5, 0.6) is 11.5 Å². The van der Waals surface area contributed by atoms with Gasteiger partial charge in [0.2, 0.25) is 0 Å². The Morgan fingerprint density at radius 1 is 0.927 bits per heavy atom. The smallest absolute Gasteiger partial charge is 0.325 e. The Kier molecular flexibility index (Phi) is 12.0. The lowest BCUT2D eigenvalue weighted by Gasteiger charge is -2.33. The van der Waals surface area contributed by atoms with Crippen molar-refractivity contribution in [3.05, 3.63) is 47.1 Å². The highest BCUT2D eigenvalue weighted by Crippen LogP contribution is 2.47. The van der Waals surface area contributed by atoms with E-state index in [9.17, 15) is 9.59 Å². The fourth-order valence-electron chi connectivity index (χ4n) is 5.98. The van der Waals surface area contributed by atoms with Gasteiger partial charge in [-0.1, -0.05) is 43.6 Å². The molecule has 0 unspecified atom stereocenters. The molecule has 2 atom stereocenters. The topological polar surface area (TPSA) is 77.5 Å². The SMILES string of the molecule is C=C(C)[C@@H]1CCC(C)=C[C@H]1c1c(OC(=O)CN2CCOCC2)cc(CCCCC)cc1OC(=O)CN1CCOCC1. The number of benzene rings is 1. The number of ether oxygens (including phenoxy) is 4. The number of carbonyl (C=O) groups is 2. The number of hydrogen-bond donors (Lipinski definition) is 0. The number of unbranched alkanes of at least 4 members (excludes halogenated alkanes) is 2. The Hall–Kier alpha value is -2.52. The molecule has 3 aliphatic rings.